The van der Waals surface area contributed by atoms with Gasteiger partial charge in [-0.25, -0.2) is 0 Å². The Morgan fingerprint density at radius 1 is 1.23 bits per heavy atom. The zero-order valence-electron chi connectivity index (χ0n) is 14.8. The van der Waals surface area contributed by atoms with Gasteiger partial charge in [0.2, 0.25) is 0 Å². The van der Waals surface area contributed by atoms with Crippen molar-refractivity contribution in [1.29, 1.82) is 0 Å². The van der Waals surface area contributed by atoms with E-state index in [1.807, 2.05) is 48.3 Å². The molecule has 0 aliphatic carbocycles. The van der Waals surface area contributed by atoms with E-state index in [0.29, 0.717) is 21.8 Å². The molecule has 5 nitrogen and oxygen atoms in total. The first-order valence-electron chi connectivity index (χ1n) is 8.45. The first-order chi connectivity index (χ1) is 12.6. The fourth-order valence-corrected chi connectivity index (χ4v) is 4.98. The van der Waals surface area contributed by atoms with Crippen molar-refractivity contribution < 1.29 is 9.47 Å². The van der Waals surface area contributed by atoms with Crippen molar-refractivity contribution in [2.24, 2.45) is 4.99 Å². The van der Waals surface area contributed by atoms with Crippen LogP contribution in [0.1, 0.15) is 30.3 Å². The maximum atomic E-state index is 6.48. The number of pyridine rings is 1. The molecule has 1 aromatic heterocycles. The SMILES string of the molecule is COc1cc([C@@H]2[C@@H](c3ccccn3)N=C3S[C@H](C)CN32)cc(Cl)c1OC. The first-order valence-corrected chi connectivity index (χ1v) is 9.71. The van der Waals surface area contributed by atoms with Crippen molar-refractivity contribution in [3.05, 3.63) is 52.8 Å². The molecule has 4 rings (SSSR count). The van der Waals surface area contributed by atoms with Crippen molar-refractivity contribution in [2.45, 2.75) is 24.3 Å². The van der Waals surface area contributed by atoms with Crippen LogP contribution in [0, 0.1) is 0 Å². The minimum absolute atomic E-state index is 0.0367. The molecule has 0 bridgehead atoms. The Hall–Kier alpha value is -1.92. The molecule has 3 heterocycles. The third-order valence-corrected chi connectivity index (χ3v) is 6.06. The molecular weight excluding hydrogens is 370 g/mol. The fourth-order valence-electron chi connectivity index (χ4n) is 3.59. The van der Waals surface area contributed by atoms with Crippen LogP contribution in [0.4, 0.5) is 0 Å². The number of nitrogens with zero attached hydrogens (tertiary/aromatic N) is 3. The third-order valence-electron chi connectivity index (χ3n) is 4.68. The normalized spacial score (nSPS) is 24.4. The number of hydrogen-bond donors (Lipinski definition) is 0. The molecule has 1 fully saturated rings. The molecular formula is C19H20ClN3O2S. The third kappa shape index (κ3) is 2.91. The lowest BCUT2D eigenvalue weighted by Gasteiger charge is -2.28. The lowest BCUT2D eigenvalue weighted by molar-refractivity contribution is 0.317. The Kier molecular flexibility index (Phi) is 4.71. The number of methoxy groups -OCH3 is 2. The van der Waals surface area contributed by atoms with Gasteiger partial charge in [-0.1, -0.05) is 36.4 Å². The van der Waals surface area contributed by atoms with Gasteiger partial charge in [0, 0.05) is 18.0 Å². The van der Waals surface area contributed by atoms with E-state index < -0.39 is 0 Å². The lowest BCUT2D eigenvalue weighted by Crippen LogP contribution is -2.28. The van der Waals surface area contributed by atoms with Crippen molar-refractivity contribution in [2.75, 3.05) is 20.8 Å². The Labute approximate surface area is 162 Å². The van der Waals surface area contributed by atoms with Crippen molar-refractivity contribution >= 4 is 28.5 Å². The van der Waals surface area contributed by atoms with Crippen LogP contribution >= 0.6 is 23.4 Å². The molecule has 1 aromatic carbocycles. The highest BCUT2D eigenvalue weighted by Gasteiger charge is 2.43. The van der Waals surface area contributed by atoms with Gasteiger partial charge in [0.15, 0.2) is 16.7 Å². The molecule has 2 aliphatic rings. The summed E-state index contributed by atoms with van der Waals surface area (Å²) in [6.07, 6.45) is 1.81. The average Bonchev–Trinajstić information content (AvgIpc) is 3.17. The molecule has 0 radical (unpaired) electrons. The molecule has 0 N–H and O–H groups in total. The van der Waals surface area contributed by atoms with Crippen molar-refractivity contribution in [1.82, 2.24) is 9.88 Å². The van der Waals surface area contributed by atoms with Crippen LogP contribution in [-0.2, 0) is 0 Å². The number of rotatable bonds is 4. The predicted molar refractivity (Wildman–Crippen MR) is 105 cm³/mol. The quantitative estimate of drug-likeness (QED) is 0.778. The van der Waals surface area contributed by atoms with E-state index in [4.69, 9.17) is 26.1 Å². The van der Waals surface area contributed by atoms with Gasteiger partial charge in [0.1, 0.15) is 6.04 Å². The predicted octanol–water partition coefficient (Wildman–Crippen LogP) is 4.34. The van der Waals surface area contributed by atoms with E-state index >= 15 is 0 Å². The summed E-state index contributed by atoms with van der Waals surface area (Å²) >= 11 is 8.29. The number of ether oxygens (including phenoxy) is 2. The van der Waals surface area contributed by atoms with Gasteiger partial charge in [-0.2, -0.15) is 0 Å². The van der Waals surface area contributed by atoms with Gasteiger partial charge >= 0.3 is 0 Å². The average molecular weight is 390 g/mol. The Morgan fingerprint density at radius 2 is 2.08 bits per heavy atom. The molecule has 0 amide bonds. The van der Waals surface area contributed by atoms with E-state index in [9.17, 15) is 0 Å². The maximum Gasteiger partial charge on any atom is 0.179 e. The largest absolute Gasteiger partial charge is 0.493 e. The summed E-state index contributed by atoms with van der Waals surface area (Å²) < 4.78 is 10.9. The van der Waals surface area contributed by atoms with Gasteiger partial charge in [0.25, 0.3) is 0 Å². The summed E-state index contributed by atoms with van der Waals surface area (Å²) in [4.78, 5) is 11.9. The number of fused-ring (bicyclic) bond motifs is 1. The Bertz CT molecular complexity index is 846. The highest BCUT2D eigenvalue weighted by atomic mass is 35.5. The monoisotopic (exact) mass is 389 g/mol. The summed E-state index contributed by atoms with van der Waals surface area (Å²) in [5.74, 6) is 1.18. The molecule has 26 heavy (non-hydrogen) atoms. The summed E-state index contributed by atoms with van der Waals surface area (Å²) in [5.41, 5.74) is 2.01. The van der Waals surface area contributed by atoms with Crippen molar-refractivity contribution in [3.8, 4) is 11.5 Å². The number of aromatic nitrogens is 1. The molecule has 0 unspecified atom stereocenters. The van der Waals surface area contributed by atoms with E-state index in [1.54, 1.807) is 14.2 Å². The molecule has 0 spiro atoms. The second-order valence-corrected chi connectivity index (χ2v) is 8.19. The molecule has 1 saturated heterocycles. The minimum atomic E-state index is -0.0691. The second kappa shape index (κ2) is 7.00. The van der Waals surface area contributed by atoms with Crippen LogP contribution in [0.2, 0.25) is 5.02 Å². The van der Waals surface area contributed by atoms with E-state index in [0.717, 1.165) is 23.0 Å². The highest BCUT2D eigenvalue weighted by molar-refractivity contribution is 8.14. The lowest BCUT2D eigenvalue weighted by atomic mass is 9.96. The molecule has 2 aromatic rings. The number of benzene rings is 1. The van der Waals surface area contributed by atoms with Crippen LogP contribution in [0.15, 0.2) is 41.5 Å². The van der Waals surface area contributed by atoms with Crippen LogP contribution in [0.3, 0.4) is 0 Å². The molecule has 2 aliphatic heterocycles. The molecule has 3 atom stereocenters. The van der Waals surface area contributed by atoms with Crippen LogP contribution in [-0.4, -0.2) is 41.1 Å². The van der Waals surface area contributed by atoms with Crippen LogP contribution in [0.5, 0.6) is 11.5 Å². The zero-order valence-corrected chi connectivity index (χ0v) is 16.4. The second-order valence-electron chi connectivity index (χ2n) is 6.38. The van der Waals surface area contributed by atoms with E-state index in [1.165, 1.54) is 0 Å². The van der Waals surface area contributed by atoms with Gasteiger partial charge < -0.3 is 14.4 Å². The summed E-state index contributed by atoms with van der Waals surface area (Å²) in [6, 6.07) is 9.87. The van der Waals surface area contributed by atoms with Crippen LogP contribution in [0.25, 0.3) is 0 Å². The fraction of sp³-hybridized carbons (Fsp3) is 0.368. The topological polar surface area (TPSA) is 47.0 Å². The van der Waals surface area contributed by atoms with Gasteiger partial charge in [0.05, 0.1) is 31.0 Å². The number of aliphatic imine (C=N–C) groups is 1. The number of hydrogen-bond acceptors (Lipinski definition) is 6. The van der Waals surface area contributed by atoms with E-state index in [-0.39, 0.29) is 12.1 Å². The van der Waals surface area contributed by atoms with Crippen molar-refractivity contribution in [3.63, 3.8) is 0 Å². The smallest absolute Gasteiger partial charge is 0.179 e. The molecule has 0 saturated carbocycles. The zero-order chi connectivity index (χ0) is 18.3. The first kappa shape index (κ1) is 17.5. The maximum absolute atomic E-state index is 6.48. The number of amidine groups is 1. The molecule has 136 valence electrons. The van der Waals surface area contributed by atoms with Gasteiger partial charge in [-0.15, -0.1) is 0 Å². The van der Waals surface area contributed by atoms with Gasteiger partial charge in [-0.05, 0) is 29.8 Å². The van der Waals surface area contributed by atoms with Gasteiger partial charge in [-0.3, -0.25) is 9.98 Å². The standard InChI is InChI=1S/C19H20ClN3O2S/c1-11-10-23-17(12-8-13(20)18(25-3)15(9-12)24-2)16(22-19(23)26-11)14-6-4-5-7-21-14/h4-9,11,16-17H,10H2,1-3H3/t11-,16-,17-/m1/s1. The molecule has 7 heteroatoms. The summed E-state index contributed by atoms with van der Waals surface area (Å²) in [5, 5.41) is 2.12. The number of thioether (sulfide) groups is 1. The van der Waals surface area contributed by atoms with Crippen LogP contribution < -0.4 is 9.47 Å². The summed E-state index contributed by atoms with van der Waals surface area (Å²) in [6.45, 7) is 3.17. The highest BCUT2D eigenvalue weighted by Crippen LogP contribution is 2.49. The Balaban J connectivity index is 1.81. The van der Waals surface area contributed by atoms with E-state index in [2.05, 4.69) is 16.8 Å². The summed E-state index contributed by atoms with van der Waals surface area (Å²) in [7, 11) is 3.22. The minimum Gasteiger partial charge on any atom is -0.493 e. The Morgan fingerprint density at radius 3 is 2.77 bits per heavy atom. The number of halogens is 1.